The Hall–Kier alpha value is -2.83. The molecule has 2 aromatic carbocycles. The minimum Gasteiger partial charge on any atom is -0.454 e. The molecule has 1 saturated carbocycles. The van der Waals surface area contributed by atoms with Gasteiger partial charge in [0.05, 0.1) is 24.7 Å². The molecule has 2 heterocycles. The van der Waals surface area contributed by atoms with Crippen molar-refractivity contribution in [3.05, 3.63) is 59.3 Å². The first-order valence-corrected chi connectivity index (χ1v) is 11.6. The highest BCUT2D eigenvalue weighted by Crippen LogP contribution is 2.51. The molecule has 6 heteroatoms. The molecule has 0 unspecified atom stereocenters. The third kappa shape index (κ3) is 3.91. The second-order valence-electron chi connectivity index (χ2n) is 10.4. The molecule has 2 aliphatic rings. The predicted octanol–water partition coefficient (Wildman–Crippen LogP) is 3.86. The predicted molar refractivity (Wildman–Crippen MR) is 126 cm³/mol. The van der Waals surface area contributed by atoms with Crippen LogP contribution in [-0.4, -0.2) is 40.1 Å². The molecule has 0 spiro atoms. The maximum atomic E-state index is 13.4. The lowest BCUT2D eigenvalue weighted by molar-refractivity contribution is -0.120. The highest BCUT2D eigenvalue weighted by atomic mass is 16.7. The molecule has 1 aliphatic carbocycles. The average Bonchev–Trinajstić information content (AvgIpc) is 3.32. The standard InChI is InChI=1S/C27H31NO5/c1-26(2,3)24-12-18-10-17(4-6-21(18)28(24)14-20(30)15-29)11-25(31)27(8-9-27)19-5-7-22-23(13-19)33-16-32-22/h4-7,10,12-13,20,29-30H,8-9,11,14-16H2,1-3H3/t20-/m0/s1. The van der Waals surface area contributed by atoms with E-state index in [1.807, 2.05) is 30.3 Å². The van der Waals surface area contributed by atoms with Gasteiger partial charge in [0, 0.05) is 28.4 Å². The summed E-state index contributed by atoms with van der Waals surface area (Å²) in [5.41, 5.74) is 3.54. The van der Waals surface area contributed by atoms with Crippen LogP contribution in [0.4, 0.5) is 0 Å². The molecule has 1 atom stereocenters. The quantitative estimate of drug-likeness (QED) is 0.573. The van der Waals surface area contributed by atoms with Crippen LogP contribution in [0.5, 0.6) is 11.5 Å². The fourth-order valence-corrected chi connectivity index (χ4v) is 4.92. The molecule has 33 heavy (non-hydrogen) atoms. The highest BCUT2D eigenvalue weighted by Gasteiger charge is 2.50. The molecule has 1 fully saturated rings. The Morgan fingerprint density at radius 2 is 1.85 bits per heavy atom. The largest absolute Gasteiger partial charge is 0.454 e. The van der Waals surface area contributed by atoms with Gasteiger partial charge in [-0.15, -0.1) is 0 Å². The van der Waals surface area contributed by atoms with Gasteiger partial charge in [0.1, 0.15) is 5.78 Å². The Labute approximate surface area is 193 Å². The second kappa shape index (κ2) is 7.89. The van der Waals surface area contributed by atoms with E-state index in [1.54, 1.807) is 0 Å². The van der Waals surface area contributed by atoms with Crippen LogP contribution in [0.15, 0.2) is 42.5 Å². The van der Waals surface area contributed by atoms with E-state index >= 15 is 0 Å². The van der Waals surface area contributed by atoms with Crippen molar-refractivity contribution in [2.75, 3.05) is 13.4 Å². The van der Waals surface area contributed by atoms with Gasteiger partial charge in [-0.05, 0) is 54.3 Å². The maximum Gasteiger partial charge on any atom is 0.231 e. The van der Waals surface area contributed by atoms with Gasteiger partial charge in [0.2, 0.25) is 6.79 Å². The molecule has 0 radical (unpaired) electrons. The van der Waals surface area contributed by atoms with Gasteiger partial charge in [-0.1, -0.05) is 32.9 Å². The van der Waals surface area contributed by atoms with Crippen LogP contribution >= 0.6 is 0 Å². The van der Waals surface area contributed by atoms with Crippen LogP contribution in [-0.2, 0) is 28.6 Å². The van der Waals surface area contributed by atoms with E-state index in [-0.39, 0.29) is 24.6 Å². The number of hydrogen-bond donors (Lipinski definition) is 2. The number of fused-ring (bicyclic) bond motifs is 2. The summed E-state index contributed by atoms with van der Waals surface area (Å²) in [6.07, 6.45) is 1.27. The molecule has 1 aromatic heterocycles. The summed E-state index contributed by atoms with van der Waals surface area (Å²) in [7, 11) is 0. The zero-order chi connectivity index (χ0) is 23.4. The Morgan fingerprint density at radius 3 is 2.55 bits per heavy atom. The maximum absolute atomic E-state index is 13.4. The number of aliphatic hydroxyl groups is 2. The van der Waals surface area contributed by atoms with Crippen molar-refractivity contribution >= 4 is 16.7 Å². The number of benzene rings is 2. The number of rotatable bonds is 7. The highest BCUT2D eigenvalue weighted by molar-refractivity contribution is 5.95. The van der Waals surface area contributed by atoms with Crippen molar-refractivity contribution < 1.29 is 24.5 Å². The van der Waals surface area contributed by atoms with Gasteiger partial charge in [0.25, 0.3) is 0 Å². The summed E-state index contributed by atoms with van der Waals surface area (Å²) in [5, 5.41) is 20.5. The van der Waals surface area contributed by atoms with E-state index in [4.69, 9.17) is 9.47 Å². The molecule has 1 aliphatic heterocycles. The van der Waals surface area contributed by atoms with Crippen molar-refractivity contribution in [1.29, 1.82) is 0 Å². The smallest absolute Gasteiger partial charge is 0.231 e. The summed E-state index contributed by atoms with van der Waals surface area (Å²) < 4.78 is 13.0. The number of carbonyl (C=O) groups excluding carboxylic acids is 1. The van der Waals surface area contributed by atoms with Crippen molar-refractivity contribution in [1.82, 2.24) is 4.57 Å². The number of aromatic nitrogens is 1. The average molecular weight is 450 g/mol. The number of ketones is 1. The number of carbonyl (C=O) groups is 1. The van der Waals surface area contributed by atoms with Gasteiger partial charge in [-0.3, -0.25) is 4.79 Å². The van der Waals surface area contributed by atoms with Crippen LogP contribution in [0.25, 0.3) is 10.9 Å². The summed E-state index contributed by atoms with van der Waals surface area (Å²) in [6, 6.07) is 14.1. The van der Waals surface area contributed by atoms with Crippen LogP contribution in [0.3, 0.4) is 0 Å². The summed E-state index contributed by atoms with van der Waals surface area (Å²) in [6.45, 7) is 6.68. The number of aliphatic hydroxyl groups excluding tert-OH is 2. The summed E-state index contributed by atoms with van der Waals surface area (Å²) in [5.74, 6) is 1.68. The first-order valence-electron chi connectivity index (χ1n) is 11.6. The summed E-state index contributed by atoms with van der Waals surface area (Å²) >= 11 is 0. The molecule has 174 valence electrons. The van der Waals surface area contributed by atoms with Gasteiger partial charge in [-0.25, -0.2) is 0 Å². The van der Waals surface area contributed by atoms with E-state index in [1.165, 1.54) is 0 Å². The zero-order valence-electron chi connectivity index (χ0n) is 19.4. The molecule has 3 aromatic rings. The first kappa shape index (κ1) is 22.0. The SMILES string of the molecule is CC(C)(C)c1cc2cc(CC(=O)C3(c4ccc5c(c4)OCO5)CC3)ccc2n1C[C@H](O)CO. The van der Waals surface area contributed by atoms with Gasteiger partial charge in [-0.2, -0.15) is 0 Å². The normalized spacial score (nSPS) is 17.4. The van der Waals surface area contributed by atoms with Crippen molar-refractivity contribution in [3.8, 4) is 11.5 Å². The van der Waals surface area contributed by atoms with Gasteiger partial charge in [0.15, 0.2) is 11.5 Å². The van der Waals surface area contributed by atoms with Crippen LogP contribution in [0.2, 0.25) is 0 Å². The third-order valence-corrected chi connectivity index (χ3v) is 6.91. The second-order valence-corrected chi connectivity index (χ2v) is 10.4. The van der Waals surface area contributed by atoms with E-state index in [2.05, 4.69) is 37.5 Å². The topological polar surface area (TPSA) is 80.9 Å². The fraction of sp³-hybridized carbons (Fsp3) is 0.444. The van der Waals surface area contributed by atoms with Crippen molar-refractivity contribution in [3.63, 3.8) is 0 Å². The molecule has 5 rings (SSSR count). The Bertz CT molecular complexity index is 1220. The van der Waals surface area contributed by atoms with E-state index in [0.29, 0.717) is 18.7 Å². The molecule has 0 saturated heterocycles. The van der Waals surface area contributed by atoms with Crippen LogP contribution < -0.4 is 9.47 Å². The number of Topliss-reactive ketones (excluding diaryl/α,β-unsaturated/α-hetero) is 1. The summed E-state index contributed by atoms with van der Waals surface area (Å²) in [4.78, 5) is 13.4. The molecule has 0 bridgehead atoms. The minimum absolute atomic E-state index is 0.123. The molecular formula is C27H31NO5. The monoisotopic (exact) mass is 449 g/mol. The lowest BCUT2D eigenvalue weighted by atomic mass is 9.87. The van der Waals surface area contributed by atoms with Crippen molar-refractivity contribution in [2.45, 2.75) is 63.5 Å². The Morgan fingerprint density at radius 1 is 1.09 bits per heavy atom. The van der Waals surface area contributed by atoms with Crippen LogP contribution in [0, 0.1) is 0 Å². The lowest BCUT2D eigenvalue weighted by Crippen LogP contribution is -2.25. The Balaban J connectivity index is 1.43. The number of nitrogens with zero attached hydrogens (tertiary/aromatic N) is 1. The lowest BCUT2D eigenvalue weighted by Gasteiger charge is -2.23. The van der Waals surface area contributed by atoms with Gasteiger partial charge < -0.3 is 24.3 Å². The molecule has 0 amide bonds. The minimum atomic E-state index is -0.820. The Kier molecular flexibility index (Phi) is 5.26. The first-order chi connectivity index (χ1) is 15.7. The molecule has 2 N–H and O–H groups in total. The fourth-order valence-electron chi connectivity index (χ4n) is 4.92. The molecular weight excluding hydrogens is 418 g/mol. The third-order valence-electron chi connectivity index (χ3n) is 6.91. The zero-order valence-corrected chi connectivity index (χ0v) is 19.4. The van der Waals surface area contributed by atoms with Crippen molar-refractivity contribution in [2.24, 2.45) is 0 Å². The van der Waals surface area contributed by atoms with E-state index in [9.17, 15) is 15.0 Å². The van der Waals surface area contributed by atoms with Crippen LogP contribution in [0.1, 0.15) is 50.4 Å². The number of ether oxygens (including phenoxy) is 2. The van der Waals surface area contributed by atoms with Gasteiger partial charge >= 0.3 is 0 Å². The number of hydrogen-bond acceptors (Lipinski definition) is 5. The van der Waals surface area contributed by atoms with E-state index in [0.717, 1.165) is 46.3 Å². The van der Waals surface area contributed by atoms with E-state index < -0.39 is 11.5 Å². The molecule has 6 nitrogen and oxygen atoms in total.